The summed E-state index contributed by atoms with van der Waals surface area (Å²) in [5, 5.41) is 7.69. The fraction of sp³-hybridized carbons (Fsp3) is 0.0185. The zero-order valence-electron chi connectivity index (χ0n) is 31.3. The molecular weight excluding hydrogens is 705 g/mol. The molecule has 2 aliphatic rings. The van der Waals surface area contributed by atoms with Crippen LogP contribution < -0.4 is 0 Å². The van der Waals surface area contributed by atoms with Crippen molar-refractivity contribution in [3.8, 4) is 51.0 Å². The van der Waals surface area contributed by atoms with E-state index in [2.05, 4.69) is 180 Å². The van der Waals surface area contributed by atoms with Gasteiger partial charge in [-0.3, -0.25) is 0 Å². The van der Waals surface area contributed by atoms with Crippen molar-refractivity contribution in [3.05, 3.63) is 216 Å². The Morgan fingerprint density at radius 3 is 1.64 bits per heavy atom. The second-order valence-corrected chi connectivity index (χ2v) is 15.5. The summed E-state index contributed by atoms with van der Waals surface area (Å²) < 4.78 is 2.34. The normalized spacial score (nSPS) is 13.3. The number of hydrogen-bond acceptors (Lipinski definition) is 3. The van der Waals surface area contributed by atoms with Crippen molar-refractivity contribution in [2.45, 2.75) is 5.41 Å². The highest BCUT2D eigenvalue weighted by molar-refractivity contribution is 6.17. The average molecular weight is 737 g/mol. The lowest BCUT2D eigenvalue weighted by molar-refractivity contribution is 0.797. The molecule has 0 fully saturated rings. The van der Waals surface area contributed by atoms with Crippen LogP contribution >= 0.6 is 0 Å². The van der Waals surface area contributed by atoms with E-state index in [-0.39, 0.29) is 0 Å². The molecule has 11 aromatic rings. The first kappa shape index (κ1) is 31.5. The lowest BCUT2D eigenvalue weighted by Gasteiger charge is -2.30. The number of para-hydroxylation sites is 2. The lowest BCUT2D eigenvalue weighted by Crippen LogP contribution is -2.26. The highest BCUT2D eigenvalue weighted by atomic mass is 15.0. The number of nitrogens with zero attached hydrogens (tertiary/aromatic N) is 4. The molecule has 2 aromatic heterocycles. The monoisotopic (exact) mass is 736 g/mol. The summed E-state index contributed by atoms with van der Waals surface area (Å²) in [6, 6.07) is 70.0. The van der Waals surface area contributed by atoms with Crippen LogP contribution in [0.1, 0.15) is 22.3 Å². The third-order valence-corrected chi connectivity index (χ3v) is 12.6. The standard InChI is InChI=1S/C54H32N4/c1-3-13-35(14-4-1)51-55-52(57-53(56-51)37-27-29-41-40-20-8-10-24-47(40)58(48(41)32-37)38-17-5-2-6-18-38)36-28-30-44-42(31-36)39-19-7-9-21-43(39)54(44)45-22-11-15-33-25-26-34-16-12-23-46(54)50(34)49(33)45/h1-32H. The molecule has 0 bridgehead atoms. The molecule has 0 amide bonds. The predicted molar refractivity (Wildman–Crippen MR) is 236 cm³/mol. The minimum absolute atomic E-state index is 0.417. The minimum atomic E-state index is -0.417. The Bertz CT molecular complexity index is 3450. The van der Waals surface area contributed by atoms with Crippen molar-refractivity contribution in [1.82, 2.24) is 19.5 Å². The molecule has 0 saturated heterocycles. The van der Waals surface area contributed by atoms with Gasteiger partial charge in [-0.05, 0) is 85.3 Å². The fourth-order valence-electron chi connectivity index (χ4n) is 10.2. The Labute approximate surface area is 334 Å². The summed E-state index contributed by atoms with van der Waals surface area (Å²) in [6.45, 7) is 0. The Kier molecular flexibility index (Phi) is 6.34. The number of hydrogen-bond donors (Lipinski definition) is 0. The molecule has 0 aliphatic heterocycles. The van der Waals surface area contributed by atoms with Crippen molar-refractivity contribution in [3.63, 3.8) is 0 Å². The van der Waals surface area contributed by atoms with Gasteiger partial charge < -0.3 is 4.57 Å². The van der Waals surface area contributed by atoms with Crippen LogP contribution in [-0.4, -0.2) is 19.5 Å². The third kappa shape index (κ3) is 4.16. The van der Waals surface area contributed by atoms with Crippen LogP contribution in [0.4, 0.5) is 0 Å². The Morgan fingerprint density at radius 1 is 0.345 bits per heavy atom. The van der Waals surface area contributed by atoms with Gasteiger partial charge >= 0.3 is 0 Å². The molecule has 2 aliphatic carbocycles. The van der Waals surface area contributed by atoms with E-state index in [4.69, 9.17) is 15.0 Å². The van der Waals surface area contributed by atoms with Crippen molar-refractivity contribution in [2.75, 3.05) is 0 Å². The van der Waals surface area contributed by atoms with Crippen molar-refractivity contribution in [2.24, 2.45) is 0 Å². The third-order valence-electron chi connectivity index (χ3n) is 12.6. The van der Waals surface area contributed by atoms with Crippen LogP contribution in [-0.2, 0) is 5.41 Å². The van der Waals surface area contributed by atoms with Gasteiger partial charge in [0.05, 0.1) is 16.4 Å². The van der Waals surface area contributed by atoms with Crippen LogP contribution in [0.15, 0.2) is 194 Å². The molecule has 1 spiro atoms. The first-order chi connectivity index (χ1) is 28.8. The summed E-state index contributed by atoms with van der Waals surface area (Å²) in [7, 11) is 0. The zero-order chi connectivity index (χ0) is 38.0. The van der Waals surface area contributed by atoms with Crippen molar-refractivity contribution in [1.29, 1.82) is 0 Å². The number of fused-ring (bicyclic) bond motifs is 10. The summed E-state index contributed by atoms with van der Waals surface area (Å²) in [6.07, 6.45) is 0. The molecule has 58 heavy (non-hydrogen) atoms. The van der Waals surface area contributed by atoms with Crippen molar-refractivity contribution >= 4 is 43.4 Å². The number of aromatic nitrogens is 4. The van der Waals surface area contributed by atoms with Gasteiger partial charge in [0, 0.05) is 33.2 Å². The van der Waals surface area contributed by atoms with Gasteiger partial charge in [0.25, 0.3) is 0 Å². The predicted octanol–water partition coefficient (Wildman–Crippen LogP) is 13.0. The Balaban J connectivity index is 1.03. The Morgan fingerprint density at radius 2 is 0.897 bits per heavy atom. The molecule has 0 saturated carbocycles. The molecule has 9 aromatic carbocycles. The van der Waals surface area contributed by atoms with Gasteiger partial charge in [0.15, 0.2) is 17.5 Å². The van der Waals surface area contributed by atoms with Gasteiger partial charge in [-0.15, -0.1) is 0 Å². The van der Waals surface area contributed by atoms with Gasteiger partial charge in [-0.1, -0.05) is 164 Å². The van der Waals surface area contributed by atoms with Gasteiger partial charge in [-0.25, -0.2) is 15.0 Å². The molecule has 0 radical (unpaired) electrons. The molecule has 268 valence electrons. The summed E-state index contributed by atoms with van der Waals surface area (Å²) in [5.41, 5.74) is 13.6. The highest BCUT2D eigenvalue weighted by Crippen LogP contribution is 2.62. The van der Waals surface area contributed by atoms with E-state index in [1.165, 1.54) is 65.7 Å². The SMILES string of the molecule is c1ccc(-c2nc(-c3ccc4c(c3)-c3ccccc3C43c4cccc5ccc6cccc3c6c45)nc(-c3ccc4c5ccccc5n(-c5ccccc5)c4c3)n2)cc1. The van der Waals surface area contributed by atoms with E-state index in [1.807, 2.05) is 18.2 Å². The van der Waals surface area contributed by atoms with Gasteiger partial charge in [0.2, 0.25) is 0 Å². The van der Waals surface area contributed by atoms with Gasteiger partial charge in [0.1, 0.15) is 0 Å². The maximum absolute atomic E-state index is 5.30. The number of rotatable bonds is 4. The highest BCUT2D eigenvalue weighted by Gasteiger charge is 2.50. The largest absolute Gasteiger partial charge is 0.309 e. The average Bonchev–Trinajstić information content (AvgIpc) is 3.91. The molecular formula is C54H32N4. The molecule has 4 heteroatoms. The maximum atomic E-state index is 5.30. The van der Waals surface area contributed by atoms with Gasteiger partial charge in [-0.2, -0.15) is 0 Å². The minimum Gasteiger partial charge on any atom is -0.309 e. The fourth-order valence-corrected chi connectivity index (χ4v) is 10.2. The smallest absolute Gasteiger partial charge is 0.164 e. The summed E-state index contributed by atoms with van der Waals surface area (Å²) in [4.78, 5) is 15.7. The number of benzene rings is 9. The molecule has 4 nitrogen and oxygen atoms in total. The van der Waals surface area contributed by atoms with Crippen molar-refractivity contribution < 1.29 is 0 Å². The topological polar surface area (TPSA) is 43.6 Å². The van der Waals surface area contributed by atoms with E-state index in [1.54, 1.807) is 0 Å². The van der Waals surface area contributed by atoms with Crippen LogP contribution in [0.2, 0.25) is 0 Å². The summed E-state index contributed by atoms with van der Waals surface area (Å²) in [5.74, 6) is 1.93. The molecule has 0 atom stereocenters. The van der Waals surface area contributed by atoms with Crippen LogP contribution in [0.3, 0.4) is 0 Å². The van der Waals surface area contributed by atoms with Crippen LogP contribution in [0.25, 0.3) is 94.3 Å². The van der Waals surface area contributed by atoms with E-state index in [0.29, 0.717) is 17.5 Å². The summed E-state index contributed by atoms with van der Waals surface area (Å²) >= 11 is 0. The zero-order valence-corrected chi connectivity index (χ0v) is 31.3. The molecule has 2 heterocycles. The van der Waals surface area contributed by atoms with E-state index in [0.717, 1.165) is 33.4 Å². The second-order valence-electron chi connectivity index (χ2n) is 15.5. The maximum Gasteiger partial charge on any atom is 0.164 e. The molecule has 0 N–H and O–H groups in total. The van der Waals surface area contributed by atoms with Crippen LogP contribution in [0, 0.1) is 0 Å². The molecule has 0 unspecified atom stereocenters. The van der Waals surface area contributed by atoms with Crippen LogP contribution in [0.5, 0.6) is 0 Å². The Hall–Kier alpha value is -7.69. The van der Waals surface area contributed by atoms with E-state index in [9.17, 15) is 0 Å². The van der Waals surface area contributed by atoms with E-state index < -0.39 is 5.41 Å². The first-order valence-corrected chi connectivity index (χ1v) is 19.9. The van der Waals surface area contributed by atoms with E-state index >= 15 is 0 Å². The lowest BCUT2D eigenvalue weighted by atomic mass is 9.70. The molecule has 13 rings (SSSR count). The first-order valence-electron chi connectivity index (χ1n) is 19.9. The quantitative estimate of drug-likeness (QED) is 0.169. The second kappa shape index (κ2) is 11.7.